The first kappa shape index (κ1) is 20.1. The number of hydrogen-bond acceptors (Lipinski definition) is 5. The lowest BCUT2D eigenvalue weighted by Crippen LogP contribution is -2.45. The van der Waals surface area contributed by atoms with E-state index in [0.717, 1.165) is 12.0 Å². The summed E-state index contributed by atoms with van der Waals surface area (Å²) in [4.78, 5) is 12.3. The zero-order valence-electron chi connectivity index (χ0n) is 14.8. The Balaban J connectivity index is 2.31. The second kappa shape index (κ2) is 8.93. The van der Waals surface area contributed by atoms with Gasteiger partial charge in [-0.3, -0.25) is 4.79 Å². The molecule has 0 heterocycles. The van der Waals surface area contributed by atoms with Gasteiger partial charge >= 0.3 is 5.97 Å². The molecule has 26 heavy (non-hydrogen) atoms. The van der Waals surface area contributed by atoms with Crippen LogP contribution in [-0.4, -0.2) is 32.1 Å². The molecule has 0 fully saturated rings. The number of carbonyl (C=O) groups excluding carboxylic acids is 1. The minimum Gasteiger partial charge on any atom is -0.465 e. The highest BCUT2D eigenvalue weighted by molar-refractivity contribution is 7.89. The molecule has 0 aliphatic heterocycles. The van der Waals surface area contributed by atoms with Gasteiger partial charge in [0.25, 0.3) is 0 Å². The van der Waals surface area contributed by atoms with Gasteiger partial charge in [0, 0.05) is 0 Å². The maximum Gasteiger partial charge on any atom is 0.327 e. The highest BCUT2D eigenvalue weighted by Gasteiger charge is 2.33. The lowest BCUT2D eigenvalue weighted by molar-refractivity contribution is -0.148. The van der Waals surface area contributed by atoms with E-state index in [9.17, 15) is 18.3 Å². The fourth-order valence-corrected chi connectivity index (χ4v) is 3.65. The number of esters is 1. The van der Waals surface area contributed by atoms with Crippen LogP contribution in [0.1, 0.15) is 31.1 Å². The van der Waals surface area contributed by atoms with Crippen molar-refractivity contribution in [3.05, 3.63) is 65.7 Å². The Morgan fingerprint density at radius 3 is 2.23 bits per heavy atom. The molecule has 6 nitrogen and oxygen atoms in total. The van der Waals surface area contributed by atoms with Gasteiger partial charge in [0.1, 0.15) is 12.1 Å². The van der Waals surface area contributed by atoms with Crippen molar-refractivity contribution in [2.24, 2.45) is 0 Å². The van der Waals surface area contributed by atoms with Gasteiger partial charge in [-0.25, -0.2) is 8.42 Å². The SMILES string of the molecule is CCOC(=O)C(NS(=O)(=O)c1ccc(CC)cc1)C(O)c1ccccc1. The Morgan fingerprint density at radius 1 is 1.08 bits per heavy atom. The molecule has 0 aromatic heterocycles. The molecule has 2 rings (SSSR count). The molecule has 2 atom stereocenters. The Kier molecular flexibility index (Phi) is 6.90. The third kappa shape index (κ3) is 4.91. The van der Waals surface area contributed by atoms with Gasteiger partial charge in [0.05, 0.1) is 11.5 Å². The molecule has 7 heteroatoms. The van der Waals surface area contributed by atoms with Gasteiger partial charge in [-0.2, -0.15) is 4.72 Å². The molecule has 2 unspecified atom stereocenters. The van der Waals surface area contributed by atoms with Crippen LogP contribution in [0.15, 0.2) is 59.5 Å². The number of ether oxygens (including phenoxy) is 1. The van der Waals surface area contributed by atoms with Crippen LogP contribution in [0.2, 0.25) is 0 Å². The Hall–Kier alpha value is -2.22. The van der Waals surface area contributed by atoms with Crippen LogP contribution < -0.4 is 4.72 Å². The molecule has 0 radical (unpaired) electrons. The van der Waals surface area contributed by atoms with Gasteiger partial charge in [0.15, 0.2) is 0 Å². The predicted molar refractivity (Wildman–Crippen MR) is 98.0 cm³/mol. The molecule has 2 aromatic rings. The average molecular weight is 377 g/mol. The zero-order chi connectivity index (χ0) is 19.2. The van der Waals surface area contributed by atoms with Crippen LogP contribution in [0.25, 0.3) is 0 Å². The standard InChI is InChI=1S/C19H23NO5S/c1-3-14-10-12-16(13-11-14)26(23,24)20-17(19(22)25-4-2)18(21)15-8-6-5-7-9-15/h5-13,17-18,20-21H,3-4H2,1-2H3. The van der Waals surface area contributed by atoms with Crippen LogP contribution >= 0.6 is 0 Å². The van der Waals surface area contributed by atoms with E-state index in [1.54, 1.807) is 49.4 Å². The summed E-state index contributed by atoms with van der Waals surface area (Å²) >= 11 is 0. The average Bonchev–Trinajstić information content (AvgIpc) is 2.66. The minimum atomic E-state index is -4.01. The van der Waals surface area contributed by atoms with Crippen LogP contribution in [0, 0.1) is 0 Å². The first-order valence-corrected chi connectivity index (χ1v) is 9.88. The van der Waals surface area contributed by atoms with Crippen molar-refractivity contribution >= 4 is 16.0 Å². The van der Waals surface area contributed by atoms with E-state index in [4.69, 9.17) is 4.74 Å². The first-order chi connectivity index (χ1) is 12.4. The summed E-state index contributed by atoms with van der Waals surface area (Å²) in [5.74, 6) is -0.836. The third-order valence-electron chi connectivity index (χ3n) is 3.92. The van der Waals surface area contributed by atoms with Crippen molar-refractivity contribution < 1.29 is 23.1 Å². The van der Waals surface area contributed by atoms with Gasteiger partial charge in [0.2, 0.25) is 10.0 Å². The van der Waals surface area contributed by atoms with Crippen LogP contribution in [0.5, 0.6) is 0 Å². The molecular formula is C19H23NO5S. The number of benzene rings is 2. The fourth-order valence-electron chi connectivity index (χ4n) is 2.46. The van der Waals surface area contributed by atoms with Crippen molar-refractivity contribution in [1.82, 2.24) is 4.72 Å². The van der Waals surface area contributed by atoms with Gasteiger partial charge in [-0.05, 0) is 36.6 Å². The van der Waals surface area contributed by atoms with Crippen molar-refractivity contribution in [2.75, 3.05) is 6.61 Å². The second-order valence-electron chi connectivity index (χ2n) is 5.70. The summed E-state index contributed by atoms with van der Waals surface area (Å²) in [6, 6.07) is 13.3. The number of rotatable bonds is 8. The Labute approximate surface area is 153 Å². The lowest BCUT2D eigenvalue weighted by atomic mass is 10.0. The van der Waals surface area contributed by atoms with Crippen LogP contribution in [0.3, 0.4) is 0 Å². The monoisotopic (exact) mass is 377 g/mol. The third-order valence-corrected chi connectivity index (χ3v) is 5.38. The second-order valence-corrected chi connectivity index (χ2v) is 7.42. The summed E-state index contributed by atoms with van der Waals surface area (Å²) in [6.07, 6.45) is -0.591. The van der Waals surface area contributed by atoms with Crippen molar-refractivity contribution in [3.63, 3.8) is 0 Å². The lowest BCUT2D eigenvalue weighted by Gasteiger charge is -2.22. The normalized spacial score (nSPS) is 13.8. The van der Waals surface area contributed by atoms with E-state index in [1.807, 2.05) is 6.92 Å². The van der Waals surface area contributed by atoms with Gasteiger partial charge in [-0.15, -0.1) is 0 Å². The molecule has 0 spiro atoms. The van der Waals surface area contributed by atoms with Crippen LogP contribution in [0.4, 0.5) is 0 Å². The largest absolute Gasteiger partial charge is 0.465 e. The molecular weight excluding hydrogens is 354 g/mol. The van der Waals surface area contributed by atoms with E-state index in [2.05, 4.69) is 4.72 Å². The summed E-state index contributed by atoms with van der Waals surface area (Å²) in [7, 11) is -4.01. The molecule has 0 bridgehead atoms. The first-order valence-electron chi connectivity index (χ1n) is 8.40. The predicted octanol–water partition coefficient (Wildman–Crippen LogP) is 2.19. The number of aliphatic hydroxyl groups is 1. The van der Waals surface area contributed by atoms with Gasteiger partial charge < -0.3 is 9.84 Å². The zero-order valence-corrected chi connectivity index (χ0v) is 15.6. The van der Waals surface area contributed by atoms with E-state index in [-0.39, 0.29) is 11.5 Å². The maximum absolute atomic E-state index is 12.7. The maximum atomic E-state index is 12.7. The van der Waals surface area contributed by atoms with E-state index < -0.39 is 28.1 Å². The molecule has 140 valence electrons. The van der Waals surface area contributed by atoms with E-state index in [0.29, 0.717) is 5.56 Å². The minimum absolute atomic E-state index is 0.0178. The number of aliphatic hydroxyl groups excluding tert-OH is 1. The molecule has 2 N–H and O–H groups in total. The Bertz CT molecular complexity index is 819. The number of sulfonamides is 1. The van der Waals surface area contributed by atoms with Crippen LogP contribution in [-0.2, 0) is 26.0 Å². The fraction of sp³-hybridized carbons (Fsp3) is 0.316. The smallest absolute Gasteiger partial charge is 0.327 e. The molecule has 2 aromatic carbocycles. The van der Waals surface area contributed by atoms with E-state index in [1.165, 1.54) is 12.1 Å². The quantitative estimate of drug-likeness (QED) is 0.688. The molecule has 0 amide bonds. The topological polar surface area (TPSA) is 92.7 Å². The Morgan fingerprint density at radius 2 is 1.69 bits per heavy atom. The molecule has 0 saturated carbocycles. The number of hydrogen-bond donors (Lipinski definition) is 2. The molecule has 0 saturated heterocycles. The van der Waals surface area contributed by atoms with Crippen molar-refractivity contribution in [2.45, 2.75) is 37.3 Å². The molecule has 0 aliphatic carbocycles. The summed E-state index contributed by atoms with van der Waals surface area (Å²) < 4.78 is 32.5. The summed E-state index contributed by atoms with van der Waals surface area (Å²) in [6.45, 7) is 3.65. The highest BCUT2D eigenvalue weighted by atomic mass is 32.2. The van der Waals surface area contributed by atoms with Crippen molar-refractivity contribution in [1.29, 1.82) is 0 Å². The number of carbonyl (C=O) groups is 1. The number of aryl methyl sites for hydroxylation is 1. The summed E-state index contributed by atoms with van der Waals surface area (Å²) in [5, 5.41) is 10.5. The number of nitrogens with one attached hydrogen (secondary N) is 1. The van der Waals surface area contributed by atoms with Crippen molar-refractivity contribution in [3.8, 4) is 0 Å². The summed E-state index contributed by atoms with van der Waals surface area (Å²) in [5.41, 5.74) is 1.41. The van der Waals surface area contributed by atoms with Gasteiger partial charge in [-0.1, -0.05) is 49.4 Å². The highest BCUT2D eigenvalue weighted by Crippen LogP contribution is 2.20. The molecule has 0 aliphatic rings. The van der Waals surface area contributed by atoms with E-state index >= 15 is 0 Å².